The molecule has 3 aromatic rings. The smallest absolute Gasteiger partial charge is 0.265 e. The number of aromatic nitrogens is 2. The normalized spacial score (nSPS) is 10.6. The lowest BCUT2D eigenvalue weighted by Crippen LogP contribution is -2.19. The number of nitrogens with one attached hydrogen (secondary N) is 1. The van der Waals surface area contributed by atoms with E-state index in [0.717, 1.165) is 16.7 Å². The Morgan fingerprint density at radius 3 is 2.39 bits per heavy atom. The van der Waals surface area contributed by atoms with E-state index in [-0.39, 0.29) is 5.69 Å². The second-order valence-electron chi connectivity index (χ2n) is 4.78. The average Bonchev–Trinajstić information content (AvgIpc) is 2.64. The topological polar surface area (TPSA) is 67.2 Å². The zero-order valence-corrected chi connectivity index (χ0v) is 12.3. The van der Waals surface area contributed by atoms with Gasteiger partial charge in [0.05, 0.1) is 12.4 Å². The van der Waals surface area contributed by atoms with E-state index in [4.69, 9.17) is 0 Å². The van der Waals surface area contributed by atoms with Gasteiger partial charge in [-0.3, -0.25) is 9.78 Å². The SMILES string of the molecule is O=C(N/N=C/c1ccc(-c2ccccc2)cc1)c1cnccn1. The number of hydrogen-bond donors (Lipinski definition) is 1. The van der Waals surface area contributed by atoms with Crippen LogP contribution in [0.4, 0.5) is 0 Å². The van der Waals surface area contributed by atoms with Crippen LogP contribution in [0, 0.1) is 0 Å². The van der Waals surface area contributed by atoms with Crippen molar-refractivity contribution in [2.75, 3.05) is 0 Å². The van der Waals surface area contributed by atoms with Crippen LogP contribution in [0.25, 0.3) is 11.1 Å². The quantitative estimate of drug-likeness (QED) is 0.595. The minimum absolute atomic E-state index is 0.226. The first-order valence-electron chi connectivity index (χ1n) is 7.08. The summed E-state index contributed by atoms with van der Waals surface area (Å²) in [5, 5.41) is 3.93. The van der Waals surface area contributed by atoms with Crippen molar-refractivity contribution in [1.82, 2.24) is 15.4 Å². The number of carbonyl (C=O) groups excluding carboxylic acids is 1. The van der Waals surface area contributed by atoms with Gasteiger partial charge in [0.25, 0.3) is 5.91 Å². The van der Waals surface area contributed by atoms with E-state index >= 15 is 0 Å². The second kappa shape index (κ2) is 7.09. The van der Waals surface area contributed by atoms with Crippen LogP contribution in [0.2, 0.25) is 0 Å². The Balaban J connectivity index is 1.63. The summed E-state index contributed by atoms with van der Waals surface area (Å²) >= 11 is 0. The van der Waals surface area contributed by atoms with Gasteiger partial charge in [-0.25, -0.2) is 10.4 Å². The van der Waals surface area contributed by atoms with Crippen LogP contribution in [-0.4, -0.2) is 22.1 Å². The van der Waals surface area contributed by atoms with Gasteiger partial charge >= 0.3 is 0 Å². The molecule has 0 aliphatic rings. The summed E-state index contributed by atoms with van der Waals surface area (Å²) in [6, 6.07) is 18.0. The third-order valence-corrected chi connectivity index (χ3v) is 3.19. The van der Waals surface area contributed by atoms with Gasteiger partial charge in [0.1, 0.15) is 5.69 Å². The Hall–Kier alpha value is -3.34. The molecule has 0 unspecified atom stereocenters. The van der Waals surface area contributed by atoms with Crippen molar-refractivity contribution in [2.45, 2.75) is 0 Å². The van der Waals surface area contributed by atoms with E-state index in [1.165, 1.54) is 18.6 Å². The van der Waals surface area contributed by atoms with Gasteiger partial charge in [0, 0.05) is 12.4 Å². The molecule has 112 valence electrons. The predicted molar refractivity (Wildman–Crippen MR) is 89.0 cm³/mol. The van der Waals surface area contributed by atoms with Crippen LogP contribution in [0.1, 0.15) is 16.1 Å². The molecule has 0 spiro atoms. The van der Waals surface area contributed by atoms with Crippen LogP contribution in [0.3, 0.4) is 0 Å². The fourth-order valence-electron chi connectivity index (χ4n) is 2.03. The fraction of sp³-hybridized carbons (Fsp3) is 0. The van der Waals surface area contributed by atoms with Crippen LogP contribution in [-0.2, 0) is 0 Å². The molecule has 5 nitrogen and oxygen atoms in total. The van der Waals surface area contributed by atoms with Crippen molar-refractivity contribution in [3.8, 4) is 11.1 Å². The van der Waals surface area contributed by atoms with Gasteiger partial charge in [-0.2, -0.15) is 5.10 Å². The monoisotopic (exact) mass is 302 g/mol. The van der Waals surface area contributed by atoms with Crippen LogP contribution in [0.15, 0.2) is 78.3 Å². The lowest BCUT2D eigenvalue weighted by atomic mass is 10.0. The van der Waals surface area contributed by atoms with E-state index in [9.17, 15) is 4.79 Å². The van der Waals surface area contributed by atoms with E-state index in [1.807, 2.05) is 42.5 Å². The summed E-state index contributed by atoms with van der Waals surface area (Å²) in [7, 11) is 0. The second-order valence-corrected chi connectivity index (χ2v) is 4.78. The van der Waals surface area contributed by atoms with Crippen molar-refractivity contribution in [3.63, 3.8) is 0 Å². The molecule has 3 rings (SSSR count). The molecule has 0 aliphatic carbocycles. The van der Waals surface area contributed by atoms with Gasteiger partial charge in [0.2, 0.25) is 0 Å². The highest BCUT2D eigenvalue weighted by atomic mass is 16.2. The first-order valence-corrected chi connectivity index (χ1v) is 7.08. The van der Waals surface area contributed by atoms with Gasteiger partial charge in [0.15, 0.2) is 0 Å². The molecule has 0 fully saturated rings. The van der Waals surface area contributed by atoms with Crippen molar-refractivity contribution in [3.05, 3.63) is 84.4 Å². The highest BCUT2D eigenvalue weighted by Gasteiger charge is 2.04. The summed E-state index contributed by atoms with van der Waals surface area (Å²) in [6.45, 7) is 0. The number of hydrazone groups is 1. The van der Waals surface area contributed by atoms with Gasteiger partial charge in [-0.05, 0) is 16.7 Å². The third kappa shape index (κ3) is 3.85. The van der Waals surface area contributed by atoms with E-state index in [1.54, 1.807) is 6.21 Å². The summed E-state index contributed by atoms with van der Waals surface area (Å²) in [5.74, 6) is -0.393. The van der Waals surface area contributed by atoms with Crippen molar-refractivity contribution in [2.24, 2.45) is 5.10 Å². The van der Waals surface area contributed by atoms with E-state index in [0.29, 0.717) is 0 Å². The molecule has 1 amide bonds. The Labute approximate surface area is 133 Å². The molecule has 23 heavy (non-hydrogen) atoms. The lowest BCUT2D eigenvalue weighted by Gasteiger charge is -2.01. The van der Waals surface area contributed by atoms with Gasteiger partial charge in [-0.1, -0.05) is 54.6 Å². The number of hydrogen-bond acceptors (Lipinski definition) is 4. The zero-order chi connectivity index (χ0) is 15.9. The van der Waals surface area contributed by atoms with Crippen molar-refractivity contribution in [1.29, 1.82) is 0 Å². The average molecular weight is 302 g/mol. The first-order chi connectivity index (χ1) is 11.3. The molecule has 0 atom stereocenters. The molecule has 0 saturated heterocycles. The van der Waals surface area contributed by atoms with E-state index < -0.39 is 5.91 Å². The molecule has 1 N–H and O–H groups in total. The van der Waals surface area contributed by atoms with Crippen molar-refractivity contribution >= 4 is 12.1 Å². The molecule has 0 saturated carbocycles. The fourth-order valence-corrected chi connectivity index (χ4v) is 2.03. The molecule has 5 heteroatoms. The largest absolute Gasteiger partial charge is 0.291 e. The predicted octanol–water partition coefficient (Wildman–Crippen LogP) is 2.91. The highest BCUT2D eigenvalue weighted by Crippen LogP contribution is 2.18. The Morgan fingerprint density at radius 1 is 0.957 bits per heavy atom. The molecular formula is C18H14N4O. The lowest BCUT2D eigenvalue weighted by molar-refractivity contribution is 0.0949. The summed E-state index contributed by atoms with van der Waals surface area (Å²) in [4.78, 5) is 19.5. The molecule has 2 aromatic carbocycles. The summed E-state index contributed by atoms with van der Waals surface area (Å²) < 4.78 is 0. The number of amides is 1. The zero-order valence-electron chi connectivity index (χ0n) is 12.3. The number of nitrogens with zero attached hydrogens (tertiary/aromatic N) is 3. The van der Waals surface area contributed by atoms with Crippen molar-refractivity contribution < 1.29 is 4.79 Å². The maximum atomic E-state index is 11.7. The molecule has 1 heterocycles. The van der Waals surface area contributed by atoms with Crippen LogP contribution < -0.4 is 5.43 Å². The highest BCUT2D eigenvalue weighted by molar-refractivity contribution is 5.92. The summed E-state index contributed by atoms with van der Waals surface area (Å²) in [6.07, 6.45) is 5.94. The summed E-state index contributed by atoms with van der Waals surface area (Å²) in [5.41, 5.74) is 5.83. The Morgan fingerprint density at radius 2 is 1.70 bits per heavy atom. The number of benzene rings is 2. The van der Waals surface area contributed by atoms with E-state index in [2.05, 4.69) is 32.6 Å². The molecular weight excluding hydrogens is 288 g/mol. The standard InChI is InChI=1S/C18H14N4O/c23-18(17-13-19-10-11-20-17)22-21-12-14-6-8-16(9-7-14)15-4-2-1-3-5-15/h1-13H,(H,22,23)/b21-12+. The number of carbonyl (C=O) groups is 1. The Kier molecular flexibility index (Phi) is 4.49. The number of rotatable bonds is 4. The molecule has 0 aliphatic heterocycles. The first kappa shape index (κ1) is 14.6. The molecule has 0 bridgehead atoms. The molecule has 0 radical (unpaired) electrons. The van der Waals surface area contributed by atoms with Gasteiger partial charge < -0.3 is 0 Å². The maximum Gasteiger partial charge on any atom is 0.291 e. The minimum atomic E-state index is -0.393. The molecule has 1 aromatic heterocycles. The van der Waals surface area contributed by atoms with Crippen LogP contribution in [0.5, 0.6) is 0 Å². The Bertz CT molecular complexity index is 799. The third-order valence-electron chi connectivity index (χ3n) is 3.19. The van der Waals surface area contributed by atoms with Gasteiger partial charge in [-0.15, -0.1) is 0 Å². The van der Waals surface area contributed by atoms with Crippen LogP contribution >= 0.6 is 0 Å². The maximum absolute atomic E-state index is 11.7. The minimum Gasteiger partial charge on any atom is -0.265 e.